The van der Waals surface area contributed by atoms with Crippen molar-refractivity contribution in [2.45, 2.75) is 45.8 Å². The molecule has 156 valence electrons. The number of pyridine rings is 1. The second-order valence-corrected chi connectivity index (χ2v) is 8.86. The molecule has 0 saturated carbocycles. The Bertz CT molecular complexity index is 1210. The second kappa shape index (κ2) is 6.58. The molecular weight excluding hydrogens is 383 g/mol. The van der Waals surface area contributed by atoms with Crippen LogP contribution in [0.5, 0.6) is 0 Å². The molecule has 0 unspecified atom stereocenters. The van der Waals surface area contributed by atoms with Gasteiger partial charge >= 0.3 is 13.1 Å². The maximum absolute atomic E-state index is 13.1. The van der Waals surface area contributed by atoms with Crippen molar-refractivity contribution in [3.05, 3.63) is 58.1 Å². The fraction of sp³-hybridized carbons (Fsp3) is 0.364. The molecule has 30 heavy (non-hydrogen) atoms. The molecule has 7 nitrogen and oxygen atoms in total. The van der Waals surface area contributed by atoms with Crippen molar-refractivity contribution >= 4 is 29.5 Å². The number of rotatable bonds is 3. The topological polar surface area (TPSA) is 82.7 Å². The van der Waals surface area contributed by atoms with Crippen LogP contribution in [0, 0.1) is 6.92 Å². The van der Waals surface area contributed by atoms with Crippen LogP contribution in [0.3, 0.4) is 0 Å². The van der Waals surface area contributed by atoms with Gasteiger partial charge in [-0.15, -0.1) is 0 Å². The van der Waals surface area contributed by atoms with E-state index in [4.69, 9.17) is 9.31 Å². The first-order valence-electron chi connectivity index (χ1n) is 9.84. The SMILES string of the molecule is Cc1ccc(-n2c(C(=O)O)cc3c(B4OC(C)(C)C(C)(C)O4)cn(C)c(=O)c32)cc1. The number of aryl methyl sites for hydroxylation is 2. The molecule has 1 aromatic carbocycles. The smallest absolute Gasteiger partial charge is 0.477 e. The monoisotopic (exact) mass is 408 g/mol. The average molecular weight is 408 g/mol. The van der Waals surface area contributed by atoms with Gasteiger partial charge in [0, 0.05) is 29.8 Å². The minimum absolute atomic E-state index is 0.00919. The van der Waals surface area contributed by atoms with E-state index in [1.807, 2.05) is 58.9 Å². The first-order valence-corrected chi connectivity index (χ1v) is 9.84. The third kappa shape index (κ3) is 2.98. The van der Waals surface area contributed by atoms with Gasteiger partial charge in [0.1, 0.15) is 11.2 Å². The van der Waals surface area contributed by atoms with Crippen molar-refractivity contribution in [3.63, 3.8) is 0 Å². The third-order valence-corrected chi connectivity index (χ3v) is 6.19. The number of fused-ring (bicyclic) bond motifs is 1. The summed E-state index contributed by atoms with van der Waals surface area (Å²) in [5, 5.41) is 10.4. The number of carbonyl (C=O) groups is 1. The van der Waals surface area contributed by atoms with Crippen molar-refractivity contribution in [2.24, 2.45) is 7.05 Å². The first-order chi connectivity index (χ1) is 13.9. The number of carboxylic acid groups (broad SMARTS) is 1. The highest BCUT2D eigenvalue weighted by Crippen LogP contribution is 2.37. The predicted octanol–water partition coefficient (Wildman–Crippen LogP) is 2.64. The highest BCUT2D eigenvalue weighted by molar-refractivity contribution is 6.65. The average Bonchev–Trinajstić information content (AvgIpc) is 3.14. The molecular formula is C22H25BN2O5. The molecule has 1 aliphatic rings. The fourth-order valence-electron chi connectivity index (χ4n) is 3.72. The first kappa shape index (κ1) is 20.4. The molecule has 1 saturated heterocycles. The van der Waals surface area contributed by atoms with E-state index in [9.17, 15) is 14.7 Å². The Morgan fingerprint density at radius 3 is 2.17 bits per heavy atom. The largest absolute Gasteiger partial charge is 0.497 e. The summed E-state index contributed by atoms with van der Waals surface area (Å²) in [4.78, 5) is 25.2. The summed E-state index contributed by atoms with van der Waals surface area (Å²) in [5.74, 6) is -1.12. The van der Waals surface area contributed by atoms with Crippen LogP contribution in [0.2, 0.25) is 0 Å². The number of hydrogen-bond acceptors (Lipinski definition) is 4. The number of aromatic nitrogens is 2. The lowest BCUT2D eigenvalue weighted by Crippen LogP contribution is -2.41. The molecule has 0 atom stereocenters. The van der Waals surface area contributed by atoms with E-state index in [0.29, 0.717) is 16.5 Å². The van der Waals surface area contributed by atoms with Crippen molar-refractivity contribution in [1.29, 1.82) is 0 Å². The molecule has 3 aromatic rings. The quantitative estimate of drug-likeness (QED) is 0.674. The van der Waals surface area contributed by atoms with Gasteiger partial charge in [0.2, 0.25) is 0 Å². The zero-order valence-electron chi connectivity index (χ0n) is 18.0. The minimum Gasteiger partial charge on any atom is -0.477 e. The van der Waals surface area contributed by atoms with Gasteiger partial charge < -0.3 is 19.0 Å². The Kier molecular flexibility index (Phi) is 4.49. The van der Waals surface area contributed by atoms with Gasteiger partial charge in [-0.05, 0) is 52.8 Å². The Morgan fingerprint density at radius 2 is 1.63 bits per heavy atom. The van der Waals surface area contributed by atoms with Crippen LogP contribution in [0.1, 0.15) is 43.7 Å². The standard InChI is InChI=1S/C22H25BN2O5/c1-13-7-9-14(10-8-13)25-17(20(27)28)11-15-16(12-24(6)19(26)18(15)25)23-29-21(2,3)22(4,5)30-23/h7-12H,1-6H3,(H,27,28). The van der Waals surface area contributed by atoms with Crippen LogP contribution in [0.15, 0.2) is 41.3 Å². The number of aromatic carboxylic acids is 1. The van der Waals surface area contributed by atoms with Gasteiger partial charge in [0.15, 0.2) is 0 Å². The summed E-state index contributed by atoms with van der Waals surface area (Å²) in [6.45, 7) is 9.75. The molecule has 1 aliphatic heterocycles. The van der Waals surface area contributed by atoms with Crippen LogP contribution in [-0.2, 0) is 16.4 Å². The maximum atomic E-state index is 13.1. The lowest BCUT2D eigenvalue weighted by Gasteiger charge is -2.32. The molecule has 4 rings (SSSR count). The van der Waals surface area contributed by atoms with Gasteiger partial charge in [-0.25, -0.2) is 4.79 Å². The Morgan fingerprint density at radius 1 is 1.07 bits per heavy atom. The number of carboxylic acids is 1. The predicted molar refractivity (Wildman–Crippen MR) is 116 cm³/mol. The fourth-order valence-corrected chi connectivity index (χ4v) is 3.72. The maximum Gasteiger partial charge on any atom is 0.497 e. The van der Waals surface area contributed by atoms with Gasteiger partial charge in [-0.3, -0.25) is 9.36 Å². The van der Waals surface area contributed by atoms with E-state index in [2.05, 4.69) is 0 Å². The van der Waals surface area contributed by atoms with Crippen molar-refractivity contribution in [2.75, 3.05) is 0 Å². The second-order valence-electron chi connectivity index (χ2n) is 8.86. The van der Waals surface area contributed by atoms with Crippen LogP contribution >= 0.6 is 0 Å². The summed E-state index contributed by atoms with van der Waals surface area (Å²) in [5.41, 5.74) is 1.15. The third-order valence-electron chi connectivity index (χ3n) is 6.19. The minimum atomic E-state index is -1.12. The summed E-state index contributed by atoms with van der Waals surface area (Å²) < 4.78 is 15.3. The van der Waals surface area contributed by atoms with E-state index in [1.165, 1.54) is 15.2 Å². The zero-order chi connectivity index (χ0) is 22.0. The zero-order valence-corrected chi connectivity index (χ0v) is 18.0. The lowest BCUT2D eigenvalue weighted by molar-refractivity contribution is 0.00578. The summed E-state index contributed by atoms with van der Waals surface area (Å²) >= 11 is 0. The number of benzene rings is 1. The van der Waals surface area contributed by atoms with Crippen LogP contribution < -0.4 is 11.0 Å². The van der Waals surface area contributed by atoms with E-state index in [1.54, 1.807) is 13.2 Å². The molecule has 0 radical (unpaired) electrons. The summed E-state index contributed by atoms with van der Waals surface area (Å²) in [7, 11) is 0.920. The Labute approximate surface area is 175 Å². The normalized spacial score (nSPS) is 17.6. The highest BCUT2D eigenvalue weighted by atomic mass is 16.7. The van der Waals surface area contributed by atoms with Crippen molar-refractivity contribution in [3.8, 4) is 5.69 Å². The molecule has 0 spiro atoms. The molecule has 2 aromatic heterocycles. The molecule has 8 heteroatoms. The van der Waals surface area contributed by atoms with E-state index < -0.39 is 24.3 Å². The molecule has 0 amide bonds. The van der Waals surface area contributed by atoms with Gasteiger partial charge in [0.25, 0.3) is 5.56 Å². The molecule has 1 N–H and O–H groups in total. The number of nitrogens with zero attached hydrogens (tertiary/aromatic N) is 2. The molecule has 1 fully saturated rings. The number of hydrogen-bond donors (Lipinski definition) is 1. The van der Waals surface area contributed by atoms with Crippen molar-refractivity contribution in [1.82, 2.24) is 9.13 Å². The molecule has 3 heterocycles. The van der Waals surface area contributed by atoms with Gasteiger partial charge in [0.05, 0.1) is 11.2 Å². The van der Waals surface area contributed by atoms with Crippen LogP contribution in [-0.4, -0.2) is 38.5 Å². The summed E-state index contributed by atoms with van der Waals surface area (Å²) in [6, 6.07) is 8.91. The van der Waals surface area contributed by atoms with Crippen LogP contribution in [0.25, 0.3) is 16.6 Å². The van der Waals surface area contributed by atoms with E-state index >= 15 is 0 Å². The lowest BCUT2D eigenvalue weighted by atomic mass is 9.78. The van der Waals surface area contributed by atoms with Crippen molar-refractivity contribution < 1.29 is 19.2 Å². The van der Waals surface area contributed by atoms with Crippen LogP contribution in [0.4, 0.5) is 0 Å². The summed E-state index contributed by atoms with van der Waals surface area (Å²) in [6.07, 6.45) is 1.66. The van der Waals surface area contributed by atoms with Gasteiger partial charge in [-0.1, -0.05) is 17.7 Å². The molecule has 0 aliphatic carbocycles. The highest BCUT2D eigenvalue weighted by Gasteiger charge is 2.52. The van der Waals surface area contributed by atoms with E-state index in [0.717, 1.165) is 5.56 Å². The van der Waals surface area contributed by atoms with E-state index in [-0.39, 0.29) is 16.8 Å². The Hall–Kier alpha value is -2.84. The van der Waals surface area contributed by atoms with Gasteiger partial charge in [-0.2, -0.15) is 0 Å². The molecule has 0 bridgehead atoms. The Balaban J connectivity index is 2.03.